The summed E-state index contributed by atoms with van der Waals surface area (Å²) in [4.78, 5) is 11.6. The van der Waals surface area contributed by atoms with E-state index >= 15 is 0 Å². The third-order valence-electron chi connectivity index (χ3n) is 1.98. The molecule has 0 bridgehead atoms. The fourth-order valence-corrected chi connectivity index (χ4v) is 1.36. The predicted octanol–water partition coefficient (Wildman–Crippen LogP) is 3.32. The molecule has 3 nitrogen and oxygen atoms in total. The number of hydrogen-bond acceptors (Lipinski definition) is 2. The molecular weight excluding hydrogens is 233 g/mol. The minimum Gasteiger partial charge on any atom is -0.472 e. The molecule has 0 radical (unpaired) electrons. The minimum atomic E-state index is -0.652. The number of furan rings is 1. The average molecular weight is 240 g/mol. The van der Waals surface area contributed by atoms with Crippen LogP contribution in [0.25, 0.3) is 0 Å². The van der Waals surface area contributed by atoms with Crippen molar-refractivity contribution in [1.82, 2.24) is 0 Å². The zero-order valence-corrected chi connectivity index (χ0v) is 8.79. The highest BCUT2D eigenvalue weighted by Gasteiger charge is 2.11. The molecule has 0 fully saturated rings. The van der Waals surface area contributed by atoms with Crippen LogP contribution in [0.3, 0.4) is 0 Å². The van der Waals surface area contributed by atoms with Crippen LogP contribution >= 0.6 is 11.6 Å². The van der Waals surface area contributed by atoms with Gasteiger partial charge in [-0.05, 0) is 18.2 Å². The minimum absolute atomic E-state index is 0.0370. The van der Waals surface area contributed by atoms with Crippen LogP contribution in [0.2, 0.25) is 5.02 Å². The van der Waals surface area contributed by atoms with Crippen LogP contribution in [-0.4, -0.2) is 5.91 Å². The monoisotopic (exact) mass is 239 g/mol. The number of halogens is 2. The van der Waals surface area contributed by atoms with Gasteiger partial charge in [-0.2, -0.15) is 0 Å². The number of rotatable bonds is 2. The number of benzene rings is 1. The molecule has 1 N–H and O–H groups in total. The zero-order chi connectivity index (χ0) is 11.5. The quantitative estimate of drug-likeness (QED) is 0.874. The van der Waals surface area contributed by atoms with E-state index in [1.54, 1.807) is 6.07 Å². The van der Waals surface area contributed by atoms with Crippen molar-refractivity contribution < 1.29 is 13.6 Å². The van der Waals surface area contributed by atoms with Gasteiger partial charge in [-0.15, -0.1) is 0 Å². The molecule has 1 amide bonds. The van der Waals surface area contributed by atoms with Gasteiger partial charge in [0.25, 0.3) is 5.91 Å². The Morgan fingerprint density at radius 3 is 2.88 bits per heavy atom. The number of nitrogens with one attached hydrogen (secondary N) is 1. The summed E-state index contributed by atoms with van der Waals surface area (Å²) in [5, 5.41) is 2.36. The number of amides is 1. The Morgan fingerprint density at radius 1 is 1.38 bits per heavy atom. The largest absolute Gasteiger partial charge is 0.472 e. The van der Waals surface area contributed by atoms with E-state index < -0.39 is 11.7 Å². The third-order valence-corrected chi connectivity index (χ3v) is 2.28. The first-order chi connectivity index (χ1) is 7.68. The lowest BCUT2D eigenvalue weighted by molar-refractivity contribution is 0.102. The van der Waals surface area contributed by atoms with Gasteiger partial charge in [-0.25, -0.2) is 4.39 Å². The third kappa shape index (κ3) is 2.06. The highest BCUT2D eigenvalue weighted by atomic mass is 35.5. The molecule has 0 spiro atoms. The van der Waals surface area contributed by atoms with Gasteiger partial charge in [0.05, 0.1) is 22.5 Å². The molecule has 1 heterocycles. The van der Waals surface area contributed by atoms with Gasteiger partial charge in [0.2, 0.25) is 0 Å². The van der Waals surface area contributed by atoms with Crippen molar-refractivity contribution in [2.24, 2.45) is 0 Å². The van der Waals surface area contributed by atoms with Crippen molar-refractivity contribution in [3.63, 3.8) is 0 Å². The van der Waals surface area contributed by atoms with Crippen molar-refractivity contribution >= 4 is 23.2 Å². The maximum Gasteiger partial charge on any atom is 0.258 e. The fourth-order valence-electron chi connectivity index (χ4n) is 1.19. The normalized spacial score (nSPS) is 10.1. The van der Waals surface area contributed by atoms with Crippen molar-refractivity contribution in [1.29, 1.82) is 0 Å². The highest BCUT2D eigenvalue weighted by molar-refractivity contribution is 6.31. The number of hydrogen-bond donors (Lipinski definition) is 1. The summed E-state index contributed by atoms with van der Waals surface area (Å²) in [6.07, 6.45) is 2.64. The lowest BCUT2D eigenvalue weighted by atomic mass is 10.2. The van der Waals surface area contributed by atoms with Gasteiger partial charge < -0.3 is 9.73 Å². The summed E-state index contributed by atoms with van der Waals surface area (Å²) < 4.78 is 18.2. The Balaban J connectivity index is 2.22. The number of anilines is 1. The number of carbonyl (C=O) groups is 1. The van der Waals surface area contributed by atoms with Gasteiger partial charge in [0.15, 0.2) is 5.82 Å². The van der Waals surface area contributed by atoms with Crippen molar-refractivity contribution in [2.75, 3.05) is 5.32 Å². The molecule has 0 aliphatic carbocycles. The Morgan fingerprint density at radius 2 is 2.19 bits per heavy atom. The fraction of sp³-hybridized carbons (Fsp3) is 0. The molecule has 0 aliphatic rings. The molecule has 0 saturated carbocycles. The Kier molecular flexibility index (Phi) is 2.92. The molecule has 0 saturated heterocycles. The van der Waals surface area contributed by atoms with Crippen LogP contribution in [-0.2, 0) is 0 Å². The molecular formula is C11H7ClFNO2. The average Bonchev–Trinajstić information content (AvgIpc) is 2.78. The molecule has 0 unspecified atom stereocenters. The van der Waals surface area contributed by atoms with Crippen molar-refractivity contribution in [2.45, 2.75) is 0 Å². The SMILES string of the molecule is O=C(Nc1cccc(Cl)c1F)c1ccoc1. The van der Waals surface area contributed by atoms with E-state index in [-0.39, 0.29) is 10.7 Å². The molecule has 1 aromatic heterocycles. The predicted molar refractivity (Wildman–Crippen MR) is 58.1 cm³/mol. The maximum absolute atomic E-state index is 13.4. The lowest BCUT2D eigenvalue weighted by Crippen LogP contribution is -2.12. The summed E-state index contributed by atoms with van der Waals surface area (Å²) in [7, 11) is 0. The highest BCUT2D eigenvalue weighted by Crippen LogP contribution is 2.22. The summed E-state index contributed by atoms with van der Waals surface area (Å²) >= 11 is 5.58. The van der Waals surface area contributed by atoms with Crippen molar-refractivity contribution in [3.05, 3.63) is 53.2 Å². The van der Waals surface area contributed by atoms with Crippen LogP contribution in [0.1, 0.15) is 10.4 Å². The van der Waals surface area contributed by atoms with Gasteiger partial charge in [0.1, 0.15) is 6.26 Å². The molecule has 2 aromatic rings. The van der Waals surface area contributed by atoms with E-state index in [0.717, 1.165) is 0 Å². The molecule has 1 aromatic carbocycles. The molecule has 82 valence electrons. The van der Waals surface area contributed by atoms with Crippen LogP contribution in [0.4, 0.5) is 10.1 Å². The second kappa shape index (κ2) is 4.37. The first-order valence-corrected chi connectivity index (χ1v) is 4.84. The molecule has 0 atom stereocenters. The van der Waals surface area contributed by atoms with Crippen LogP contribution < -0.4 is 5.32 Å². The first-order valence-electron chi connectivity index (χ1n) is 4.46. The number of carbonyl (C=O) groups excluding carboxylic acids is 1. The molecule has 16 heavy (non-hydrogen) atoms. The van der Waals surface area contributed by atoms with Gasteiger partial charge >= 0.3 is 0 Å². The maximum atomic E-state index is 13.4. The van der Waals surface area contributed by atoms with Crippen LogP contribution in [0.5, 0.6) is 0 Å². The second-order valence-corrected chi connectivity index (χ2v) is 3.47. The van der Waals surface area contributed by atoms with Crippen molar-refractivity contribution in [3.8, 4) is 0 Å². The Hall–Kier alpha value is -1.81. The lowest BCUT2D eigenvalue weighted by Gasteiger charge is -2.05. The van der Waals surface area contributed by atoms with E-state index in [4.69, 9.17) is 16.0 Å². The first kappa shape index (κ1) is 10.7. The van der Waals surface area contributed by atoms with E-state index in [0.29, 0.717) is 5.56 Å². The molecule has 2 rings (SSSR count). The standard InChI is InChI=1S/C11H7ClFNO2/c12-8-2-1-3-9(10(8)13)14-11(15)7-4-5-16-6-7/h1-6H,(H,14,15). The Labute approximate surface area is 95.8 Å². The van der Waals surface area contributed by atoms with Gasteiger partial charge in [0, 0.05) is 0 Å². The van der Waals surface area contributed by atoms with Crippen LogP contribution in [0.15, 0.2) is 41.2 Å². The Bertz CT molecular complexity index is 511. The van der Waals surface area contributed by atoms with E-state index in [1.807, 2.05) is 0 Å². The second-order valence-electron chi connectivity index (χ2n) is 3.07. The summed E-state index contributed by atoms with van der Waals surface area (Å²) in [6, 6.07) is 5.87. The van der Waals surface area contributed by atoms with E-state index in [2.05, 4.69) is 5.32 Å². The zero-order valence-electron chi connectivity index (χ0n) is 8.04. The van der Waals surface area contributed by atoms with E-state index in [1.165, 1.54) is 30.7 Å². The van der Waals surface area contributed by atoms with Gasteiger partial charge in [-0.1, -0.05) is 17.7 Å². The summed E-state index contributed by atoms with van der Waals surface area (Å²) in [5.41, 5.74) is 0.359. The van der Waals surface area contributed by atoms with Crippen LogP contribution in [0, 0.1) is 5.82 Å². The summed E-state index contributed by atoms with van der Waals surface area (Å²) in [6.45, 7) is 0. The molecule has 5 heteroatoms. The van der Waals surface area contributed by atoms with Gasteiger partial charge in [-0.3, -0.25) is 4.79 Å². The summed E-state index contributed by atoms with van der Waals surface area (Å²) in [5.74, 6) is -1.10. The topological polar surface area (TPSA) is 42.2 Å². The molecule has 0 aliphatic heterocycles. The van der Waals surface area contributed by atoms with E-state index in [9.17, 15) is 9.18 Å². The smallest absolute Gasteiger partial charge is 0.258 e.